The number of carbonyl (C=O) groups is 5. The van der Waals surface area contributed by atoms with Crippen LogP contribution < -0.4 is 0 Å². The van der Waals surface area contributed by atoms with E-state index in [2.05, 4.69) is 6.58 Å². The van der Waals surface area contributed by atoms with Crippen molar-refractivity contribution in [1.29, 1.82) is 0 Å². The minimum atomic E-state index is -1.46. The molecular weight excluding hydrogens is 410 g/mol. The van der Waals surface area contributed by atoms with Gasteiger partial charge in [-0.3, -0.25) is 14.4 Å². The molecule has 0 aromatic rings. The molecule has 1 rings (SSSR count). The molecule has 1 heterocycles. The fraction of sp³-hybridized carbons (Fsp3) is 0.667. The van der Waals surface area contributed by atoms with Crippen molar-refractivity contribution in [2.45, 2.75) is 77.7 Å². The number of hydrogen-bond donors (Lipinski definition) is 0. The highest BCUT2D eigenvalue weighted by Gasteiger charge is 2.30. The molecule has 0 aromatic carbocycles. The lowest BCUT2D eigenvalue weighted by atomic mass is 10.2. The standard InChI is InChI=1S/C21H31NO9/c1-4-6-12-28-20(26)14-16(21(27)29-13-7-5-2)30-18(24)10-11-19(25)31-22-15(3)8-9-17(22)23/h16H,3-14H2,1-2H3/t16-/m0/s1. The number of allylic oxidation sites excluding steroid dienone is 1. The molecule has 10 nitrogen and oxygen atoms in total. The Morgan fingerprint density at radius 1 is 0.935 bits per heavy atom. The lowest BCUT2D eigenvalue weighted by Crippen LogP contribution is -2.33. The molecule has 0 spiro atoms. The summed E-state index contributed by atoms with van der Waals surface area (Å²) in [5.74, 6) is -3.64. The second kappa shape index (κ2) is 14.2. The Morgan fingerprint density at radius 3 is 2.13 bits per heavy atom. The van der Waals surface area contributed by atoms with Crippen molar-refractivity contribution in [2.75, 3.05) is 13.2 Å². The van der Waals surface area contributed by atoms with E-state index < -0.39 is 48.7 Å². The van der Waals surface area contributed by atoms with Crippen molar-refractivity contribution in [3.8, 4) is 0 Å². The Balaban J connectivity index is 2.54. The molecule has 1 fully saturated rings. The van der Waals surface area contributed by atoms with Crippen LogP contribution in [0.5, 0.6) is 0 Å². The van der Waals surface area contributed by atoms with Crippen LogP contribution in [0.3, 0.4) is 0 Å². The number of hydroxylamine groups is 2. The van der Waals surface area contributed by atoms with Crippen LogP contribution in [0.4, 0.5) is 0 Å². The number of nitrogens with zero attached hydrogens (tertiary/aromatic N) is 1. The molecule has 0 N–H and O–H groups in total. The predicted octanol–water partition coefficient (Wildman–Crippen LogP) is 2.35. The predicted molar refractivity (Wildman–Crippen MR) is 107 cm³/mol. The summed E-state index contributed by atoms with van der Waals surface area (Å²) in [5.41, 5.74) is 0.359. The van der Waals surface area contributed by atoms with Crippen LogP contribution in [0, 0.1) is 0 Å². The van der Waals surface area contributed by atoms with Gasteiger partial charge in [0.1, 0.15) is 0 Å². The maximum Gasteiger partial charge on any atom is 0.348 e. The Bertz CT molecular complexity index is 658. The van der Waals surface area contributed by atoms with Crippen LogP contribution in [0.25, 0.3) is 0 Å². The summed E-state index contributed by atoms with van der Waals surface area (Å²) in [6, 6.07) is 0. The first-order chi connectivity index (χ1) is 14.8. The van der Waals surface area contributed by atoms with Crippen molar-refractivity contribution in [2.24, 2.45) is 0 Å². The van der Waals surface area contributed by atoms with Gasteiger partial charge in [-0.1, -0.05) is 33.3 Å². The fourth-order valence-corrected chi connectivity index (χ4v) is 2.44. The molecule has 1 aliphatic heterocycles. The molecule has 1 saturated heterocycles. The van der Waals surface area contributed by atoms with E-state index in [9.17, 15) is 24.0 Å². The first kappa shape index (κ1) is 26.1. The smallest absolute Gasteiger partial charge is 0.348 e. The molecule has 0 aromatic heterocycles. The molecule has 31 heavy (non-hydrogen) atoms. The molecule has 10 heteroatoms. The maximum absolute atomic E-state index is 12.2. The number of rotatable bonds is 14. The van der Waals surface area contributed by atoms with Crippen LogP contribution in [0.2, 0.25) is 0 Å². The van der Waals surface area contributed by atoms with Gasteiger partial charge in [0, 0.05) is 6.42 Å². The van der Waals surface area contributed by atoms with Crippen LogP contribution >= 0.6 is 0 Å². The third kappa shape index (κ3) is 10.1. The summed E-state index contributed by atoms with van der Waals surface area (Å²) in [6.07, 6.45) is 0.787. The van der Waals surface area contributed by atoms with E-state index in [4.69, 9.17) is 19.0 Å². The molecule has 0 saturated carbocycles. The van der Waals surface area contributed by atoms with Gasteiger partial charge in [0.05, 0.1) is 38.2 Å². The molecule has 0 radical (unpaired) electrons. The largest absolute Gasteiger partial charge is 0.466 e. The second-order valence-electron chi connectivity index (χ2n) is 7.00. The highest BCUT2D eigenvalue weighted by Crippen LogP contribution is 2.21. The Labute approximate surface area is 181 Å². The number of ether oxygens (including phenoxy) is 3. The molecule has 1 atom stereocenters. The van der Waals surface area contributed by atoms with E-state index in [1.54, 1.807) is 0 Å². The average Bonchev–Trinajstić information content (AvgIpc) is 3.04. The zero-order valence-corrected chi connectivity index (χ0v) is 18.2. The minimum absolute atomic E-state index is 0.133. The zero-order chi connectivity index (χ0) is 23.2. The average molecular weight is 441 g/mol. The first-order valence-corrected chi connectivity index (χ1v) is 10.5. The minimum Gasteiger partial charge on any atom is -0.466 e. The first-order valence-electron chi connectivity index (χ1n) is 10.5. The third-order valence-corrected chi connectivity index (χ3v) is 4.26. The van der Waals surface area contributed by atoms with E-state index in [1.807, 2.05) is 13.8 Å². The van der Waals surface area contributed by atoms with E-state index in [1.165, 1.54) is 0 Å². The van der Waals surface area contributed by atoms with Crippen molar-refractivity contribution < 1.29 is 43.0 Å². The van der Waals surface area contributed by atoms with Crippen LogP contribution in [-0.4, -0.2) is 54.2 Å². The van der Waals surface area contributed by atoms with Gasteiger partial charge in [0.25, 0.3) is 5.91 Å². The molecule has 0 aliphatic carbocycles. The summed E-state index contributed by atoms with van der Waals surface area (Å²) in [5, 5.41) is 0.813. The lowest BCUT2D eigenvalue weighted by Gasteiger charge is -2.17. The summed E-state index contributed by atoms with van der Waals surface area (Å²) in [4.78, 5) is 64.6. The van der Waals surface area contributed by atoms with Crippen LogP contribution in [-0.2, 0) is 43.0 Å². The lowest BCUT2D eigenvalue weighted by molar-refractivity contribution is -0.187. The van der Waals surface area contributed by atoms with Crippen molar-refractivity contribution in [1.82, 2.24) is 5.06 Å². The highest BCUT2D eigenvalue weighted by atomic mass is 16.7. The van der Waals surface area contributed by atoms with Crippen molar-refractivity contribution in [3.05, 3.63) is 12.3 Å². The van der Waals surface area contributed by atoms with Crippen LogP contribution in [0.15, 0.2) is 12.3 Å². The van der Waals surface area contributed by atoms with E-state index in [0.29, 0.717) is 25.0 Å². The Hall–Kier alpha value is -2.91. The quantitative estimate of drug-likeness (QED) is 0.227. The number of amides is 1. The highest BCUT2D eigenvalue weighted by molar-refractivity contribution is 5.86. The van der Waals surface area contributed by atoms with E-state index in [0.717, 1.165) is 17.9 Å². The van der Waals surface area contributed by atoms with Gasteiger partial charge in [0.15, 0.2) is 0 Å². The van der Waals surface area contributed by atoms with Gasteiger partial charge in [-0.25, -0.2) is 9.59 Å². The third-order valence-electron chi connectivity index (χ3n) is 4.26. The SMILES string of the molecule is C=C1CCC(=O)N1OC(=O)CCC(=O)O[C@@H](CC(=O)OCCCC)C(=O)OCCCC. The van der Waals surface area contributed by atoms with E-state index >= 15 is 0 Å². The number of hydrogen-bond acceptors (Lipinski definition) is 9. The maximum atomic E-state index is 12.2. The van der Waals surface area contributed by atoms with Gasteiger partial charge in [0.2, 0.25) is 6.10 Å². The summed E-state index contributed by atoms with van der Waals surface area (Å²) >= 11 is 0. The van der Waals surface area contributed by atoms with Gasteiger partial charge < -0.3 is 19.0 Å². The topological polar surface area (TPSA) is 126 Å². The Kier molecular flexibility index (Phi) is 11.9. The molecule has 0 bridgehead atoms. The van der Waals surface area contributed by atoms with Gasteiger partial charge >= 0.3 is 23.9 Å². The number of carbonyl (C=O) groups excluding carboxylic acids is 5. The normalized spacial score (nSPS) is 14.2. The molecule has 174 valence electrons. The molecule has 1 amide bonds. The monoisotopic (exact) mass is 441 g/mol. The van der Waals surface area contributed by atoms with Crippen molar-refractivity contribution in [3.63, 3.8) is 0 Å². The van der Waals surface area contributed by atoms with E-state index in [-0.39, 0.29) is 26.1 Å². The van der Waals surface area contributed by atoms with Gasteiger partial charge in [-0.2, -0.15) is 0 Å². The number of unbranched alkanes of at least 4 members (excludes halogenated alkanes) is 2. The summed E-state index contributed by atoms with van der Waals surface area (Å²) < 4.78 is 15.1. The zero-order valence-electron chi connectivity index (χ0n) is 18.2. The van der Waals surface area contributed by atoms with Crippen molar-refractivity contribution >= 4 is 29.8 Å². The van der Waals surface area contributed by atoms with Gasteiger partial charge in [-0.05, 0) is 19.3 Å². The summed E-state index contributed by atoms with van der Waals surface area (Å²) in [7, 11) is 0. The second-order valence-corrected chi connectivity index (χ2v) is 7.00. The number of esters is 3. The fourth-order valence-electron chi connectivity index (χ4n) is 2.44. The van der Waals surface area contributed by atoms with Crippen LogP contribution in [0.1, 0.15) is 71.6 Å². The van der Waals surface area contributed by atoms with Gasteiger partial charge in [-0.15, -0.1) is 5.06 Å². The molecule has 0 unspecified atom stereocenters. The molecule has 1 aliphatic rings. The Morgan fingerprint density at radius 2 is 1.55 bits per heavy atom. The summed E-state index contributed by atoms with van der Waals surface area (Å²) in [6.45, 7) is 7.81. The molecular formula is C21H31NO9.